The number of rotatable bonds is 4. The number of anilines is 3. The van der Waals surface area contributed by atoms with E-state index in [9.17, 15) is 4.79 Å². The molecule has 34 heavy (non-hydrogen) atoms. The lowest BCUT2D eigenvalue weighted by atomic mass is 10.1. The van der Waals surface area contributed by atoms with Gasteiger partial charge in [0.05, 0.1) is 31.1 Å². The van der Waals surface area contributed by atoms with Crippen molar-refractivity contribution in [2.75, 3.05) is 54.9 Å². The van der Waals surface area contributed by atoms with Gasteiger partial charge < -0.3 is 29.9 Å². The molecule has 2 saturated heterocycles. The van der Waals surface area contributed by atoms with E-state index < -0.39 is 0 Å². The van der Waals surface area contributed by atoms with E-state index in [0.717, 1.165) is 48.6 Å². The number of ether oxygens (including phenoxy) is 2. The smallest absolute Gasteiger partial charge is 0.410 e. The zero-order valence-electron chi connectivity index (χ0n) is 20.0. The lowest BCUT2D eigenvalue weighted by Crippen LogP contribution is -2.45. The Labute approximate surface area is 199 Å². The first kappa shape index (κ1) is 22.6. The SMILES string of the molecule is CC(C)OC(=O)N1CC[C@H](N2CCc3c(-c4cnc(N)nc4)nc(N4CCOC[C@@H]4C)nc32)C1. The Kier molecular flexibility index (Phi) is 6.11. The van der Waals surface area contributed by atoms with Crippen LogP contribution in [-0.4, -0.2) is 88.5 Å². The van der Waals surface area contributed by atoms with Gasteiger partial charge in [0, 0.05) is 55.7 Å². The first-order chi connectivity index (χ1) is 16.4. The van der Waals surface area contributed by atoms with E-state index in [4.69, 9.17) is 25.2 Å². The third-order valence-corrected chi connectivity index (χ3v) is 6.62. The molecular formula is C23H32N8O3. The number of carbonyl (C=O) groups is 1. The minimum absolute atomic E-state index is 0.130. The summed E-state index contributed by atoms with van der Waals surface area (Å²) in [6.07, 6.45) is 4.76. The van der Waals surface area contributed by atoms with Gasteiger partial charge in [-0.2, -0.15) is 4.98 Å². The van der Waals surface area contributed by atoms with Gasteiger partial charge in [0.2, 0.25) is 11.9 Å². The van der Waals surface area contributed by atoms with Gasteiger partial charge in [-0.15, -0.1) is 0 Å². The highest BCUT2D eigenvalue weighted by molar-refractivity contribution is 5.73. The molecule has 0 aromatic carbocycles. The van der Waals surface area contributed by atoms with E-state index in [2.05, 4.69) is 26.7 Å². The first-order valence-electron chi connectivity index (χ1n) is 12.0. The highest BCUT2D eigenvalue weighted by atomic mass is 16.6. The lowest BCUT2D eigenvalue weighted by Gasteiger charge is -2.34. The molecule has 11 heteroatoms. The highest BCUT2D eigenvalue weighted by Crippen LogP contribution is 2.38. The fraction of sp³-hybridized carbons (Fsp3) is 0.609. The summed E-state index contributed by atoms with van der Waals surface area (Å²) in [5.74, 6) is 1.85. The van der Waals surface area contributed by atoms with Gasteiger partial charge in [0.15, 0.2) is 0 Å². The molecule has 2 atom stereocenters. The van der Waals surface area contributed by atoms with E-state index in [0.29, 0.717) is 32.3 Å². The van der Waals surface area contributed by atoms with E-state index >= 15 is 0 Å². The topological polar surface area (TPSA) is 123 Å². The summed E-state index contributed by atoms with van der Waals surface area (Å²) in [6, 6.07) is 0.353. The van der Waals surface area contributed by atoms with Gasteiger partial charge in [-0.25, -0.2) is 19.7 Å². The zero-order valence-corrected chi connectivity index (χ0v) is 20.0. The number of morpholine rings is 1. The van der Waals surface area contributed by atoms with Crippen LogP contribution in [0.5, 0.6) is 0 Å². The Bertz CT molecular complexity index is 1050. The van der Waals surface area contributed by atoms with Crippen LogP contribution in [0.3, 0.4) is 0 Å². The average Bonchev–Trinajstić information content (AvgIpc) is 3.46. The Morgan fingerprint density at radius 2 is 1.97 bits per heavy atom. The molecule has 5 heterocycles. The van der Waals surface area contributed by atoms with Crippen molar-refractivity contribution in [3.05, 3.63) is 18.0 Å². The number of amides is 1. The number of likely N-dealkylation sites (tertiary alicyclic amines) is 1. The second kappa shape index (κ2) is 9.21. The molecule has 11 nitrogen and oxygen atoms in total. The molecule has 3 aliphatic heterocycles. The molecule has 2 fully saturated rings. The molecule has 0 unspecified atom stereocenters. The summed E-state index contributed by atoms with van der Waals surface area (Å²) in [7, 11) is 0. The molecule has 3 aliphatic rings. The second-order valence-electron chi connectivity index (χ2n) is 9.39. The van der Waals surface area contributed by atoms with Crippen LogP contribution in [0.15, 0.2) is 12.4 Å². The molecule has 0 saturated carbocycles. The van der Waals surface area contributed by atoms with Crippen molar-refractivity contribution < 1.29 is 14.3 Å². The molecule has 0 spiro atoms. The third-order valence-electron chi connectivity index (χ3n) is 6.62. The number of aromatic nitrogens is 4. The monoisotopic (exact) mass is 468 g/mol. The molecule has 1 amide bonds. The van der Waals surface area contributed by atoms with Gasteiger partial charge in [-0.05, 0) is 33.6 Å². The van der Waals surface area contributed by atoms with Gasteiger partial charge in [0.25, 0.3) is 0 Å². The standard InChI is InChI=1S/C23H32N8O3/c1-14(2)34-23(32)29-6-4-17(12-29)31-7-5-18-19(16-10-25-21(24)26-11-16)27-22(28-20(18)31)30-8-9-33-13-15(30)3/h10-11,14-15,17H,4-9,12-13H2,1-3H3,(H2,24,25,26)/t15-,17-/m0/s1. The first-order valence-corrected chi connectivity index (χ1v) is 12.0. The summed E-state index contributed by atoms with van der Waals surface area (Å²) in [5.41, 5.74) is 8.48. The zero-order chi connectivity index (χ0) is 23.8. The van der Waals surface area contributed by atoms with Crippen molar-refractivity contribution in [2.24, 2.45) is 0 Å². The predicted octanol–water partition coefficient (Wildman–Crippen LogP) is 1.72. The van der Waals surface area contributed by atoms with Crippen LogP contribution in [0, 0.1) is 0 Å². The summed E-state index contributed by atoms with van der Waals surface area (Å²) in [6.45, 7) is 10.0. The quantitative estimate of drug-likeness (QED) is 0.709. The maximum atomic E-state index is 12.4. The lowest BCUT2D eigenvalue weighted by molar-refractivity contribution is 0.0832. The number of hydrogen-bond acceptors (Lipinski definition) is 10. The van der Waals surface area contributed by atoms with Crippen LogP contribution in [0.2, 0.25) is 0 Å². The summed E-state index contributed by atoms with van der Waals surface area (Å²) >= 11 is 0. The predicted molar refractivity (Wildman–Crippen MR) is 128 cm³/mol. The van der Waals surface area contributed by atoms with Crippen molar-refractivity contribution in [3.63, 3.8) is 0 Å². The Morgan fingerprint density at radius 1 is 1.18 bits per heavy atom. The number of nitrogens with zero attached hydrogens (tertiary/aromatic N) is 7. The summed E-state index contributed by atoms with van der Waals surface area (Å²) in [4.78, 5) is 37.2. The van der Waals surface area contributed by atoms with Crippen LogP contribution >= 0.6 is 0 Å². The molecule has 5 rings (SSSR count). The maximum absolute atomic E-state index is 12.4. The van der Waals surface area contributed by atoms with Crippen molar-refractivity contribution >= 4 is 23.8 Å². The van der Waals surface area contributed by atoms with E-state index in [1.54, 1.807) is 17.3 Å². The van der Waals surface area contributed by atoms with Crippen LogP contribution in [-0.2, 0) is 15.9 Å². The van der Waals surface area contributed by atoms with Gasteiger partial charge in [-0.3, -0.25) is 0 Å². The molecule has 2 aromatic rings. The van der Waals surface area contributed by atoms with Crippen molar-refractivity contribution in [1.29, 1.82) is 0 Å². The normalized spacial score (nSPS) is 22.4. The Balaban J connectivity index is 1.49. The van der Waals surface area contributed by atoms with Crippen molar-refractivity contribution in [2.45, 2.75) is 51.8 Å². The van der Waals surface area contributed by atoms with Crippen LogP contribution in [0.1, 0.15) is 32.8 Å². The van der Waals surface area contributed by atoms with E-state index in [1.807, 2.05) is 13.8 Å². The molecule has 0 radical (unpaired) electrons. The Hall–Kier alpha value is -3.21. The molecule has 182 valence electrons. The van der Waals surface area contributed by atoms with Crippen molar-refractivity contribution in [3.8, 4) is 11.3 Å². The van der Waals surface area contributed by atoms with Gasteiger partial charge in [0.1, 0.15) is 5.82 Å². The third kappa shape index (κ3) is 4.31. The molecule has 2 N–H and O–H groups in total. The highest BCUT2D eigenvalue weighted by Gasteiger charge is 2.37. The molecule has 0 bridgehead atoms. The number of carbonyl (C=O) groups excluding carboxylic acids is 1. The number of nitrogen functional groups attached to an aromatic ring is 1. The van der Waals surface area contributed by atoms with Crippen LogP contribution in [0.4, 0.5) is 22.5 Å². The minimum atomic E-state index is -0.248. The summed E-state index contributed by atoms with van der Waals surface area (Å²) in [5, 5.41) is 0. The van der Waals surface area contributed by atoms with Crippen molar-refractivity contribution in [1.82, 2.24) is 24.8 Å². The van der Waals surface area contributed by atoms with Crippen LogP contribution in [0.25, 0.3) is 11.3 Å². The Morgan fingerprint density at radius 3 is 2.71 bits per heavy atom. The molecule has 2 aromatic heterocycles. The number of nitrogens with two attached hydrogens (primary N) is 1. The van der Waals surface area contributed by atoms with E-state index in [-0.39, 0.29) is 30.2 Å². The van der Waals surface area contributed by atoms with E-state index in [1.165, 1.54) is 0 Å². The van der Waals surface area contributed by atoms with Crippen LogP contribution < -0.4 is 15.5 Å². The van der Waals surface area contributed by atoms with Gasteiger partial charge >= 0.3 is 6.09 Å². The largest absolute Gasteiger partial charge is 0.447 e. The summed E-state index contributed by atoms with van der Waals surface area (Å²) < 4.78 is 11.0. The number of hydrogen-bond donors (Lipinski definition) is 1. The second-order valence-corrected chi connectivity index (χ2v) is 9.39. The fourth-order valence-electron chi connectivity index (χ4n) is 4.91. The number of fused-ring (bicyclic) bond motifs is 1. The fourth-order valence-corrected chi connectivity index (χ4v) is 4.91. The van der Waals surface area contributed by atoms with Gasteiger partial charge in [-0.1, -0.05) is 0 Å². The average molecular weight is 469 g/mol. The maximum Gasteiger partial charge on any atom is 0.410 e. The minimum Gasteiger partial charge on any atom is -0.447 e. The molecule has 0 aliphatic carbocycles. The molecular weight excluding hydrogens is 436 g/mol.